The summed E-state index contributed by atoms with van der Waals surface area (Å²) in [7, 11) is 0. The smallest absolute Gasteiger partial charge is 0.0578 e. The standard InChI is InChI=1S/C24H45N3O/c1-24-11-10-20-19-7-5-18(28-15-3-13-26)16-17(19)4-6-21(20)22(24)8-9-23(24)27-14-2-12-25/h17-23,27H,2-16,25-26H2,1H3/t17-,18-,19?,20?,21?,22?,23?,24-/m0/s1. The summed E-state index contributed by atoms with van der Waals surface area (Å²) in [6.07, 6.45) is 15.4. The first-order chi connectivity index (χ1) is 13.7. The zero-order valence-electron chi connectivity index (χ0n) is 18.2. The van der Waals surface area contributed by atoms with Gasteiger partial charge in [-0.3, -0.25) is 0 Å². The second kappa shape index (κ2) is 9.32. The van der Waals surface area contributed by atoms with Crippen LogP contribution in [0, 0.1) is 35.0 Å². The summed E-state index contributed by atoms with van der Waals surface area (Å²) in [5.41, 5.74) is 11.9. The van der Waals surface area contributed by atoms with Gasteiger partial charge >= 0.3 is 0 Å². The number of fused-ring (bicyclic) bond motifs is 5. The van der Waals surface area contributed by atoms with E-state index in [9.17, 15) is 0 Å². The lowest BCUT2D eigenvalue weighted by Gasteiger charge is -2.56. The average molecular weight is 392 g/mol. The second-order valence-electron chi connectivity index (χ2n) is 10.7. The van der Waals surface area contributed by atoms with Crippen molar-refractivity contribution in [1.29, 1.82) is 0 Å². The summed E-state index contributed by atoms with van der Waals surface area (Å²) in [5, 5.41) is 3.90. The number of nitrogens with two attached hydrogens (primary N) is 2. The van der Waals surface area contributed by atoms with Gasteiger partial charge in [-0.15, -0.1) is 0 Å². The maximum atomic E-state index is 6.16. The van der Waals surface area contributed by atoms with E-state index < -0.39 is 0 Å². The molecule has 0 aromatic heterocycles. The predicted octanol–water partition coefficient (Wildman–Crippen LogP) is 3.68. The van der Waals surface area contributed by atoms with Crippen molar-refractivity contribution in [2.45, 2.75) is 89.7 Å². The maximum absolute atomic E-state index is 6.16. The van der Waals surface area contributed by atoms with Gasteiger partial charge in [0.2, 0.25) is 0 Å². The molecule has 4 aliphatic rings. The van der Waals surface area contributed by atoms with Crippen molar-refractivity contribution in [3.05, 3.63) is 0 Å². The van der Waals surface area contributed by atoms with E-state index in [1.54, 1.807) is 0 Å². The quantitative estimate of drug-likeness (QED) is 0.552. The van der Waals surface area contributed by atoms with Gasteiger partial charge in [-0.1, -0.05) is 6.92 Å². The molecule has 0 spiro atoms. The average Bonchev–Trinajstić information content (AvgIpc) is 3.04. The Kier molecular flexibility index (Phi) is 7.02. The molecule has 162 valence electrons. The lowest BCUT2D eigenvalue weighted by atomic mass is 9.50. The molecule has 0 amide bonds. The Balaban J connectivity index is 1.35. The molecule has 5 N–H and O–H groups in total. The summed E-state index contributed by atoms with van der Waals surface area (Å²) in [5.74, 6) is 4.88. The van der Waals surface area contributed by atoms with E-state index in [1.807, 2.05) is 0 Å². The summed E-state index contributed by atoms with van der Waals surface area (Å²) in [6, 6.07) is 0.731. The summed E-state index contributed by atoms with van der Waals surface area (Å²) in [6.45, 7) is 6.15. The van der Waals surface area contributed by atoms with Crippen molar-refractivity contribution >= 4 is 0 Å². The van der Waals surface area contributed by atoms with Crippen LogP contribution in [0.3, 0.4) is 0 Å². The Labute approximate surface area is 172 Å². The zero-order valence-corrected chi connectivity index (χ0v) is 18.2. The molecule has 0 heterocycles. The number of hydrogen-bond acceptors (Lipinski definition) is 4. The molecule has 4 heteroatoms. The van der Waals surface area contributed by atoms with E-state index in [1.165, 1.54) is 57.8 Å². The highest BCUT2D eigenvalue weighted by Gasteiger charge is 2.56. The first-order valence-electron chi connectivity index (χ1n) is 12.4. The normalized spacial score (nSPS) is 45.3. The Bertz CT molecular complexity index is 500. The van der Waals surface area contributed by atoms with E-state index in [0.717, 1.165) is 74.7 Å². The zero-order chi connectivity index (χ0) is 19.6. The molecule has 0 aliphatic heterocycles. The molecule has 0 aromatic carbocycles. The molecule has 0 radical (unpaired) electrons. The minimum absolute atomic E-state index is 0.515. The Morgan fingerprint density at radius 3 is 2.54 bits per heavy atom. The molecular weight excluding hydrogens is 346 g/mol. The van der Waals surface area contributed by atoms with Crippen LogP contribution >= 0.6 is 0 Å². The summed E-state index contributed by atoms with van der Waals surface area (Å²) in [4.78, 5) is 0. The molecule has 0 saturated heterocycles. The predicted molar refractivity (Wildman–Crippen MR) is 116 cm³/mol. The lowest BCUT2D eigenvalue weighted by Crippen LogP contribution is -2.52. The fourth-order valence-electron chi connectivity index (χ4n) is 8.01. The topological polar surface area (TPSA) is 73.3 Å². The highest BCUT2D eigenvalue weighted by molar-refractivity contribution is 5.08. The van der Waals surface area contributed by atoms with Gasteiger partial charge in [0.05, 0.1) is 6.10 Å². The first-order valence-corrected chi connectivity index (χ1v) is 12.4. The van der Waals surface area contributed by atoms with E-state index in [0.29, 0.717) is 11.5 Å². The molecule has 28 heavy (non-hydrogen) atoms. The minimum Gasteiger partial charge on any atom is -0.378 e. The van der Waals surface area contributed by atoms with Crippen LogP contribution in [0.25, 0.3) is 0 Å². The monoisotopic (exact) mass is 391 g/mol. The van der Waals surface area contributed by atoms with Crippen molar-refractivity contribution in [2.75, 3.05) is 26.2 Å². The van der Waals surface area contributed by atoms with Crippen molar-refractivity contribution < 1.29 is 4.74 Å². The van der Waals surface area contributed by atoms with Crippen molar-refractivity contribution in [2.24, 2.45) is 46.5 Å². The third kappa shape index (κ3) is 4.04. The molecule has 4 rings (SSSR count). The molecule has 4 nitrogen and oxygen atoms in total. The fourth-order valence-corrected chi connectivity index (χ4v) is 8.01. The van der Waals surface area contributed by atoms with E-state index in [4.69, 9.17) is 16.2 Å². The third-order valence-electron chi connectivity index (χ3n) is 9.38. The molecule has 4 saturated carbocycles. The number of ether oxygens (including phenoxy) is 1. The molecule has 0 aromatic rings. The summed E-state index contributed by atoms with van der Waals surface area (Å²) < 4.78 is 6.16. The largest absolute Gasteiger partial charge is 0.378 e. The van der Waals surface area contributed by atoms with E-state index in [-0.39, 0.29) is 0 Å². The molecule has 0 bridgehead atoms. The fraction of sp³-hybridized carbons (Fsp3) is 1.00. The molecular formula is C24H45N3O. The van der Waals surface area contributed by atoms with E-state index in [2.05, 4.69) is 12.2 Å². The Hall–Kier alpha value is -0.160. The maximum Gasteiger partial charge on any atom is 0.0578 e. The van der Waals surface area contributed by atoms with Gasteiger partial charge in [-0.25, -0.2) is 0 Å². The van der Waals surface area contributed by atoms with E-state index >= 15 is 0 Å². The van der Waals surface area contributed by atoms with Crippen LogP contribution < -0.4 is 16.8 Å². The van der Waals surface area contributed by atoms with Crippen LogP contribution in [-0.2, 0) is 4.74 Å². The highest BCUT2D eigenvalue weighted by atomic mass is 16.5. The van der Waals surface area contributed by atoms with Gasteiger partial charge < -0.3 is 21.5 Å². The minimum atomic E-state index is 0.515. The van der Waals surface area contributed by atoms with Gasteiger partial charge in [0.25, 0.3) is 0 Å². The molecule has 8 atom stereocenters. The van der Waals surface area contributed by atoms with Gasteiger partial charge in [-0.05, 0) is 125 Å². The molecule has 4 fully saturated rings. The molecule has 5 unspecified atom stereocenters. The highest BCUT2D eigenvalue weighted by Crippen LogP contribution is 2.62. The lowest BCUT2D eigenvalue weighted by molar-refractivity contribution is -0.0843. The van der Waals surface area contributed by atoms with Crippen LogP contribution in [0.15, 0.2) is 0 Å². The first kappa shape index (κ1) is 21.1. The van der Waals surface area contributed by atoms with Crippen molar-refractivity contribution in [3.63, 3.8) is 0 Å². The van der Waals surface area contributed by atoms with Crippen LogP contribution in [-0.4, -0.2) is 38.4 Å². The SMILES string of the molecule is C[C@]12CCC3C(CC[C@H]4C[C@@H](OCCCN)CCC34)C1CCC2NCCCN. The van der Waals surface area contributed by atoms with Crippen LogP contribution in [0.1, 0.15) is 77.6 Å². The second-order valence-corrected chi connectivity index (χ2v) is 10.7. The van der Waals surface area contributed by atoms with Crippen molar-refractivity contribution in [3.8, 4) is 0 Å². The molecule has 4 aliphatic carbocycles. The van der Waals surface area contributed by atoms with Crippen LogP contribution in [0.2, 0.25) is 0 Å². The number of nitrogens with one attached hydrogen (secondary N) is 1. The Morgan fingerprint density at radius 1 is 0.893 bits per heavy atom. The van der Waals surface area contributed by atoms with Gasteiger partial charge in [0.1, 0.15) is 0 Å². The number of hydrogen-bond donors (Lipinski definition) is 3. The van der Waals surface area contributed by atoms with Gasteiger partial charge in [0, 0.05) is 12.6 Å². The summed E-state index contributed by atoms with van der Waals surface area (Å²) >= 11 is 0. The third-order valence-corrected chi connectivity index (χ3v) is 9.38. The van der Waals surface area contributed by atoms with Crippen LogP contribution in [0.5, 0.6) is 0 Å². The van der Waals surface area contributed by atoms with Gasteiger partial charge in [-0.2, -0.15) is 0 Å². The number of rotatable bonds is 8. The van der Waals surface area contributed by atoms with Crippen molar-refractivity contribution in [1.82, 2.24) is 5.32 Å². The Morgan fingerprint density at radius 2 is 1.71 bits per heavy atom. The van der Waals surface area contributed by atoms with Gasteiger partial charge in [0.15, 0.2) is 0 Å². The van der Waals surface area contributed by atoms with Crippen LogP contribution in [0.4, 0.5) is 0 Å².